The van der Waals surface area contributed by atoms with Crippen molar-refractivity contribution >= 4 is 51.2 Å². The van der Waals surface area contributed by atoms with Crippen molar-refractivity contribution in [1.29, 1.82) is 0 Å². The number of carbonyl (C=O) groups is 3. The zero-order valence-electron chi connectivity index (χ0n) is 30.3. The summed E-state index contributed by atoms with van der Waals surface area (Å²) < 4.78 is 8.94. The van der Waals surface area contributed by atoms with Crippen LogP contribution in [0.15, 0.2) is 70.3 Å². The molecule has 1 fully saturated rings. The summed E-state index contributed by atoms with van der Waals surface area (Å²) in [5, 5.41) is 5.97. The smallest absolute Gasteiger partial charge is 0.328 e. The molecule has 0 aliphatic carbocycles. The average Bonchev–Trinajstić information content (AvgIpc) is 3.66. The number of anilines is 2. The summed E-state index contributed by atoms with van der Waals surface area (Å²) in [7, 11) is 5.45. The van der Waals surface area contributed by atoms with Crippen LogP contribution in [-0.2, 0) is 23.7 Å². The summed E-state index contributed by atoms with van der Waals surface area (Å²) >= 11 is 0. The van der Waals surface area contributed by atoms with Crippen LogP contribution in [0.3, 0.4) is 0 Å². The van der Waals surface area contributed by atoms with Gasteiger partial charge in [0.25, 0.3) is 5.91 Å². The topological polar surface area (TPSA) is 157 Å². The average molecular weight is 711 g/mol. The van der Waals surface area contributed by atoms with Crippen molar-refractivity contribution in [3.05, 3.63) is 99.7 Å². The lowest BCUT2D eigenvalue weighted by Gasteiger charge is -2.20. The number of pyridine rings is 3. The molecular weight excluding hydrogens is 672 g/mol. The van der Waals surface area contributed by atoms with Crippen LogP contribution in [-0.4, -0.2) is 55.4 Å². The van der Waals surface area contributed by atoms with E-state index in [9.17, 15) is 19.2 Å². The maximum Gasteiger partial charge on any atom is 0.328 e. The fourth-order valence-electron chi connectivity index (χ4n) is 6.71. The lowest BCUT2D eigenvalue weighted by atomic mass is 9.90. The number of hydrogen-bond acceptors (Lipinski definition) is 9. The van der Waals surface area contributed by atoms with Crippen molar-refractivity contribution in [3.8, 4) is 23.1 Å². The monoisotopic (exact) mass is 710 g/mol. The first-order chi connectivity index (χ1) is 25.4. The van der Waals surface area contributed by atoms with Crippen LogP contribution in [0.5, 0.6) is 0 Å². The molecule has 1 saturated heterocycles. The third-order valence-corrected chi connectivity index (χ3v) is 9.66. The van der Waals surface area contributed by atoms with Crippen LogP contribution in [0.4, 0.5) is 11.5 Å². The Bertz CT molecular complexity index is 2570. The number of imide groups is 1. The predicted octanol–water partition coefficient (Wildman–Crippen LogP) is 4.98. The van der Waals surface area contributed by atoms with Gasteiger partial charge in [-0.15, -0.1) is 0 Å². The Morgan fingerprint density at radius 3 is 2.60 bits per heavy atom. The molecule has 6 aromatic rings. The number of amides is 3. The van der Waals surface area contributed by atoms with E-state index in [1.54, 1.807) is 48.0 Å². The van der Waals surface area contributed by atoms with Crippen molar-refractivity contribution < 1.29 is 18.8 Å². The van der Waals surface area contributed by atoms with Gasteiger partial charge in [-0.1, -0.05) is 25.7 Å². The standard InChI is InChI=1S/C40H38N8O5/c1-22(2)35-37-31(47(5)40(52)48(37)6)18-33(44-35)46(4)26-10-12-30(42-20-26)25-16-23(3)36(43-19-25)39(51)41-15-7-8-24-9-13-32-28(17-24)29(21-53-32)27-11-14-34(49)45-38(27)50/h9-10,12-13,16-22,27H,11,14-15H2,1-6H3,(H,41,51)(H,45,49,50). The number of carbonyl (C=O) groups excluding carboxylic acids is 3. The zero-order valence-corrected chi connectivity index (χ0v) is 30.3. The highest BCUT2D eigenvalue weighted by Crippen LogP contribution is 2.33. The van der Waals surface area contributed by atoms with Crippen molar-refractivity contribution in [2.75, 3.05) is 18.5 Å². The summed E-state index contributed by atoms with van der Waals surface area (Å²) in [5.41, 5.74) is 7.70. The summed E-state index contributed by atoms with van der Waals surface area (Å²) in [4.78, 5) is 65.7. The maximum atomic E-state index is 13.0. The molecular formula is C40H38N8O5. The predicted molar refractivity (Wildman–Crippen MR) is 201 cm³/mol. The van der Waals surface area contributed by atoms with E-state index in [2.05, 4.69) is 46.3 Å². The highest BCUT2D eigenvalue weighted by atomic mass is 16.3. The van der Waals surface area contributed by atoms with Crippen molar-refractivity contribution in [2.24, 2.45) is 14.1 Å². The minimum absolute atomic E-state index is 0.0972. The molecule has 3 amide bonds. The van der Waals surface area contributed by atoms with E-state index < -0.39 is 5.92 Å². The van der Waals surface area contributed by atoms with E-state index in [0.29, 0.717) is 40.3 Å². The minimum atomic E-state index is -0.466. The molecule has 0 bridgehead atoms. The Kier molecular flexibility index (Phi) is 9.13. The second-order valence-corrected chi connectivity index (χ2v) is 13.5. The van der Waals surface area contributed by atoms with E-state index >= 15 is 0 Å². The molecule has 53 heavy (non-hydrogen) atoms. The number of hydrogen-bond donors (Lipinski definition) is 2. The van der Waals surface area contributed by atoms with Crippen molar-refractivity contribution in [3.63, 3.8) is 0 Å². The fourth-order valence-corrected chi connectivity index (χ4v) is 6.71. The van der Waals surface area contributed by atoms with E-state index in [1.165, 1.54) is 0 Å². The van der Waals surface area contributed by atoms with Gasteiger partial charge in [0.2, 0.25) is 11.8 Å². The molecule has 1 aliphatic rings. The third kappa shape index (κ3) is 6.55. The third-order valence-electron chi connectivity index (χ3n) is 9.66. The minimum Gasteiger partial charge on any atom is -0.464 e. The van der Waals surface area contributed by atoms with Gasteiger partial charge in [-0.25, -0.2) is 9.78 Å². The molecule has 7 rings (SSSR count). The lowest BCUT2D eigenvalue weighted by Crippen LogP contribution is -2.39. The van der Waals surface area contributed by atoms with E-state index in [0.717, 1.165) is 38.9 Å². The number of piperidine rings is 1. The fraction of sp³-hybridized carbons (Fsp3) is 0.275. The molecule has 1 aliphatic heterocycles. The van der Waals surface area contributed by atoms with Crippen LogP contribution in [0, 0.1) is 18.8 Å². The van der Waals surface area contributed by atoms with Gasteiger partial charge in [0.05, 0.1) is 53.0 Å². The van der Waals surface area contributed by atoms with Crippen LogP contribution in [0.1, 0.15) is 71.4 Å². The van der Waals surface area contributed by atoms with Gasteiger partial charge in [0.15, 0.2) is 0 Å². The summed E-state index contributed by atoms with van der Waals surface area (Å²) in [6.45, 7) is 6.05. The van der Waals surface area contributed by atoms with Gasteiger partial charge < -0.3 is 14.6 Å². The summed E-state index contributed by atoms with van der Waals surface area (Å²) in [5.74, 6) is 5.44. The molecule has 0 saturated carbocycles. The van der Waals surface area contributed by atoms with E-state index in [4.69, 9.17) is 9.40 Å². The first-order valence-electron chi connectivity index (χ1n) is 17.3. The quantitative estimate of drug-likeness (QED) is 0.172. The van der Waals surface area contributed by atoms with Gasteiger partial charge in [-0.05, 0) is 61.2 Å². The number of aryl methyl sites for hydroxylation is 3. The number of benzene rings is 1. The number of nitrogens with one attached hydrogen (secondary N) is 2. The highest BCUT2D eigenvalue weighted by molar-refractivity contribution is 6.02. The molecule has 1 unspecified atom stereocenters. The van der Waals surface area contributed by atoms with Crippen LogP contribution in [0.2, 0.25) is 0 Å². The molecule has 13 nitrogen and oxygen atoms in total. The number of aromatic nitrogens is 5. The Labute approximate surface area is 305 Å². The normalized spacial score (nSPS) is 14.4. The van der Waals surface area contributed by atoms with Crippen LogP contribution < -0.4 is 21.2 Å². The lowest BCUT2D eigenvalue weighted by molar-refractivity contribution is -0.134. The summed E-state index contributed by atoms with van der Waals surface area (Å²) in [6, 6.07) is 13.1. The Morgan fingerprint density at radius 2 is 1.89 bits per heavy atom. The van der Waals surface area contributed by atoms with Crippen LogP contribution >= 0.6 is 0 Å². The molecule has 0 radical (unpaired) electrons. The van der Waals surface area contributed by atoms with Gasteiger partial charge in [0.1, 0.15) is 17.1 Å². The van der Waals surface area contributed by atoms with Gasteiger partial charge in [-0.3, -0.25) is 38.8 Å². The summed E-state index contributed by atoms with van der Waals surface area (Å²) in [6.07, 6.45) is 5.64. The molecule has 5 aromatic heterocycles. The first kappa shape index (κ1) is 34.9. The molecule has 2 N–H and O–H groups in total. The Morgan fingerprint density at radius 1 is 1.08 bits per heavy atom. The van der Waals surface area contributed by atoms with Gasteiger partial charge in [-0.2, -0.15) is 0 Å². The Balaban J connectivity index is 1.01. The number of nitrogens with zero attached hydrogens (tertiary/aromatic N) is 6. The van der Waals surface area contributed by atoms with Crippen molar-refractivity contribution in [2.45, 2.75) is 45.4 Å². The molecule has 1 atom stereocenters. The number of rotatable bonds is 7. The van der Waals surface area contributed by atoms with Crippen molar-refractivity contribution in [1.82, 2.24) is 34.7 Å². The number of furan rings is 1. The van der Waals surface area contributed by atoms with Crippen LogP contribution in [0.25, 0.3) is 33.3 Å². The van der Waals surface area contributed by atoms with Gasteiger partial charge in [0, 0.05) is 61.9 Å². The molecule has 1 aromatic carbocycles. The zero-order chi connectivity index (χ0) is 37.6. The largest absolute Gasteiger partial charge is 0.464 e. The Hall–Kier alpha value is -6.55. The molecule has 0 spiro atoms. The van der Waals surface area contributed by atoms with Gasteiger partial charge >= 0.3 is 5.69 Å². The first-order valence-corrected chi connectivity index (χ1v) is 17.3. The van der Waals surface area contributed by atoms with E-state index in [-0.39, 0.29) is 42.3 Å². The second-order valence-electron chi connectivity index (χ2n) is 13.5. The highest BCUT2D eigenvalue weighted by Gasteiger charge is 2.30. The number of fused-ring (bicyclic) bond motifs is 2. The number of imidazole rings is 1. The molecule has 13 heteroatoms. The second kappa shape index (κ2) is 13.9. The maximum absolute atomic E-state index is 13.0. The molecule has 6 heterocycles. The molecule has 268 valence electrons. The van der Waals surface area contributed by atoms with E-state index in [1.807, 2.05) is 55.3 Å². The SMILES string of the molecule is Cc1cc(-c2ccc(N(C)c3cc4c(c(C(C)C)n3)n(C)c(=O)n4C)cn2)cnc1C(=O)NCC#Cc1ccc2occ(C3CCC(=O)NC3=O)c2c1.